The third kappa shape index (κ3) is 19.4. The average molecular weight is 1200 g/mol. The molecule has 0 atom stereocenters. The van der Waals surface area contributed by atoms with Crippen LogP contribution >= 0.6 is 50.7 Å². The van der Waals surface area contributed by atoms with Crippen molar-refractivity contribution >= 4 is 85.5 Å². The van der Waals surface area contributed by atoms with Crippen molar-refractivity contribution in [1.29, 1.82) is 0 Å². The maximum absolute atomic E-state index is 12.0. The van der Waals surface area contributed by atoms with Crippen LogP contribution in [0.25, 0.3) is 22.5 Å². The zero-order valence-corrected chi connectivity index (χ0v) is 48.3. The first-order valence-electron chi connectivity index (χ1n) is 24.7. The van der Waals surface area contributed by atoms with E-state index in [-0.39, 0.29) is 36.0 Å². The van der Waals surface area contributed by atoms with Crippen molar-refractivity contribution in [1.82, 2.24) is 14.5 Å². The van der Waals surface area contributed by atoms with Gasteiger partial charge in [-0.15, -0.1) is 0 Å². The molecule has 0 bridgehead atoms. The quantitative estimate of drug-likeness (QED) is 0.0611. The zero-order valence-electron chi connectivity index (χ0n) is 44.5. The van der Waals surface area contributed by atoms with E-state index >= 15 is 0 Å². The number of ketones is 4. The minimum Gasteiger partial charge on any atom is -0.497 e. The van der Waals surface area contributed by atoms with E-state index < -0.39 is 0 Å². The van der Waals surface area contributed by atoms with Crippen molar-refractivity contribution in [3.8, 4) is 39.8 Å². The molecule has 0 saturated carbocycles. The Morgan fingerprint density at radius 3 is 1.38 bits per heavy atom. The fourth-order valence-electron chi connectivity index (χ4n) is 7.49. The lowest BCUT2D eigenvalue weighted by Gasteiger charge is -2.15. The predicted molar refractivity (Wildman–Crippen MR) is 326 cm³/mol. The van der Waals surface area contributed by atoms with E-state index in [1.807, 2.05) is 72.8 Å². The van der Waals surface area contributed by atoms with Crippen LogP contribution in [0.1, 0.15) is 72.6 Å². The van der Waals surface area contributed by atoms with Gasteiger partial charge < -0.3 is 36.0 Å². The van der Waals surface area contributed by atoms with Crippen LogP contribution in [0.15, 0.2) is 194 Å². The summed E-state index contributed by atoms with van der Waals surface area (Å²) in [4.78, 5) is 54.4. The first kappa shape index (κ1) is 62.7. The number of carbonyl (C=O) groups excluding carboxylic acids is 4. The van der Waals surface area contributed by atoms with E-state index in [2.05, 4.69) is 42.6 Å². The standard InChI is InChI=1S/C23H20ClN3O.C17H15ClO3.C9H9BrO2.C8H7ClO.C6H9N3/c1-28-18-11-9-16(10-12-18)21-13-14-22(19-6-2-3-7-20(19)24)27(21)15-17-5-4-8-23(25)26-17;1-21-13-8-6-12(7-9-13)16(19)10-11-17(20)14-4-2-3-5-15(14)18;1-12-8-4-2-7(3-5-8)9(11)6-10;1-6(10)7-4-2-3-5-8(7)9;7-4-5-2-1-3-6(8)9-5/h2-14H,15H2,1H3,(H2,25,26);2-9H,10-11H2,1H3;2-5H,6H2,1H3;2-5H,1H3;1-3H,4,7H2,(H2,8,9). The first-order valence-corrected chi connectivity index (χ1v) is 27.0. The van der Waals surface area contributed by atoms with Crippen molar-refractivity contribution < 1.29 is 33.4 Å². The first-order chi connectivity index (χ1) is 38.6. The highest BCUT2D eigenvalue weighted by atomic mass is 79.9. The fraction of sp³-hybridized carbons (Fsp3) is 0.143. The summed E-state index contributed by atoms with van der Waals surface area (Å²) < 4.78 is 17.5. The number of hydrogen-bond donors (Lipinski definition) is 3. The van der Waals surface area contributed by atoms with E-state index in [4.69, 9.17) is 66.2 Å². The number of pyridine rings is 2. The van der Waals surface area contributed by atoms with Gasteiger partial charge in [-0.2, -0.15) is 0 Å². The molecular weight excluding hydrogens is 1140 g/mol. The number of nitrogens with two attached hydrogens (primary N) is 3. The third-order valence-corrected chi connectivity index (χ3v) is 13.2. The zero-order chi connectivity index (χ0) is 58.0. The molecular formula is C63H60BrCl3N6O7. The molecule has 0 amide bonds. The van der Waals surface area contributed by atoms with Crippen LogP contribution in [0.5, 0.6) is 17.2 Å². The van der Waals surface area contributed by atoms with E-state index in [0.717, 1.165) is 45.4 Å². The fourth-order valence-corrected chi connectivity index (χ4v) is 8.55. The number of Topliss-reactive ketones (excluding diaryl/α,β-unsaturated/α-hetero) is 4. The van der Waals surface area contributed by atoms with Crippen molar-refractivity contribution in [2.45, 2.75) is 32.9 Å². The molecule has 0 unspecified atom stereocenters. The molecule has 0 radical (unpaired) electrons. The highest BCUT2D eigenvalue weighted by molar-refractivity contribution is 9.09. The topological polar surface area (TPSA) is 205 Å². The van der Waals surface area contributed by atoms with Crippen LogP contribution in [0.2, 0.25) is 15.1 Å². The highest BCUT2D eigenvalue weighted by Gasteiger charge is 2.16. The number of nitrogen functional groups attached to an aromatic ring is 2. The minimum absolute atomic E-state index is 0.00519. The summed E-state index contributed by atoms with van der Waals surface area (Å²) in [6.45, 7) is 2.53. The number of hydrogen-bond acceptors (Lipinski definition) is 12. The Balaban J connectivity index is 0.000000198. The van der Waals surface area contributed by atoms with Crippen LogP contribution in [0.3, 0.4) is 0 Å². The largest absolute Gasteiger partial charge is 0.497 e. The van der Waals surface area contributed by atoms with Crippen LogP contribution in [-0.2, 0) is 13.1 Å². The Kier molecular flexibility index (Phi) is 25.6. The molecule has 0 aliphatic carbocycles. The van der Waals surface area contributed by atoms with Gasteiger partial charge in [0.2, 0.25) is 0 Å². The number of halogens is 4. The average Bonchev–Trinajstić information content (AvgIpc) is 3.92. The molecule has 0 aliphatic heterocycles. The van der Waals surface area contributed by atoms with Crippen LogP contribution in [0.4, 0.5) is 11.6 Å². The van der Waals surface area contributed by atoms with E-state index in [9.17, 15) is 19.2 Å². The molecule has 0 aliphatic rings. The molecule has 6 N–H and O–H groups in total. The maximum Gasteiger partial charge on any atom is 0.173 e. The molecule has 412 valence electrons. The molecule has 80 heavy (non-hydrogen) atoms. The van der Waals surface area contributed by atoms with Gasteiger partial charge in [0, 0.05) is 57.9 Å². The number of ether oxygens (including phenoxy) is 3. The minimum atomic E-state index is -0.123. The van der Waals surface area contributed by atoms with E-state index in [0.29, 0.717) is 73.1 Å². The van der Waals surface area contributed by atoms with Crippen molar-refractivity contribution in [3.05, 3.63) is 243 Å². The number of methoxy groups -OCH3 is 3. The van der Waals surface area contributed by atoms with Gasteiger partial charge in [-0.25, -0.2) is 9.97 Å². The Bertz CT molecular complexity index is 3450. The summed E-state index contributed by atoms with van der Waals surface area (Å²) in [5.74, 6) is 3.21. The number of aromatic nitrogens is 3. The molecule has 17 heteroatoms. The Labute approximate surface area is 489 Å². The molecule has 9 rings (SSSR count). The van der Waals surface area contributed by atoms with Crippen molar-refractivity contribution in [3.63, 3.8) is 0 Å². The summed E-state index contributed by atoms with van der Waals surface area (Å²) in [7, 11) is 4.83. The molecule has 0 fully saturated rings. The summed E-state index contributed by atoms with van der Waals surface area (Å²) >= 11 is 21.3. The lowest BCUT2D eigenvalue weighted by atomic mass is 10.0. The molecule has 3 heterocycles. The van der Waals surface area contributed by atoms with Crippen LogP contribution < -0.4 is 31.4 Å². The molecule has 3 aromatic heterocycles. The summed E-state index contributed by atoms with van der Waals surface area (Å²) in [5.41, 5.74) is 24.8. The van der Waals surface area contributed by atoms with Gasteiger partial charge in [0.05, 0.1) is 60.3 Å². The lowest BCUT2D eigenvalue weighted by Crippen LogP contribution is -2.06. The highest BCUT2D eigenvalue weighted by Crippen LogP contribution is 2.34. The number of rotatable bonds is 16. The number of carbonyl (C=O) groups is 4. The smallest absolute Gasteiger partial charge is 0.173 e. The molecule has 13 nitrogen and oxygen atoms in total. The molecule has 0 spiro atoms. The third-order valence-electron chi connectivity index (χ3n) is 11.7. The monoisotopic (exact) mass is 1200 g/mol. The molecule has 6 aromatic carbocycles. The second kappa shape index (κ2) is 32.7. The number of alkyl halides is 1. The second-order valence-corrected chi connectivity index (χ2v) is 18.9. The molecule has 9 aromatic rings. The van der Waals surface area contributed by atoms with Crippen LogP contribution in [0, 0.1) is 0 Å². The number of anilines is 2. The van der Waals surface area contributed by atoms with Crippen LogP contribution in [-0.4, -0.2) is 64.3 Å². The van der Waals surface area contributed by atoms with Gasteiger partial charge in [-0.05, 0) is 152 Å². The summed E-state index contributed by atoms with van der Waals surface area (Å²) in [5, 5.41) is 2.01. The number of benzene rings is 6. The summed E-state index contributed by atoms with van der Waals surface area (Å²) in [6.07, 6.45) is 0.310. The second-order valence-electron chi connectivity index (χ2n) is 17.1. The number of nitrogens with zero attached hydrogens (tertiary/aromatic N) is 3. The van der Waals surface area contributed by atoms with E-state index in [1.54, 1.807) is 131 Å². The van der Waals surface area contributed by atoms with Gasteiger partial charge in [-0.3, -0.25) is 19.2 Å². The Morgan fingerprint density at radius 1 is 0.487 bits per heavy atom. The summed E-state index contributed by atoms with van der Waals surface area (Å²) in [6, 6.07) is 58.9. The predicted octanol–water partition coefficient (Wildman–Crippen LogP) is 14.6. The maximum atomic E-state index is 12.0. The SMILES string of the molecule is CC(=O)c1ccccc1Cl.COc1ccc(-c2ccc(-c3ccccc3Cl)n2Cc2cccc(N)n2)cc1.COc1ccc(C(=O)CBr)cc1.COc1ccc(C(=O)CCC(=O)c2ccccc2Cl)cc1.NCc1cccc(N)n1. The Hall–Kier alpha value is -8.11. The van der Waals surface area contributed by atoms with Gasteiger partial charge in [0.25, 0.3) is 0 Å². The Morgan fingerprint density at radius 2 is 0.925 bits per heavy atom. The van der Waals surface area contributed by atoms with Crippen molar-refractivity contribution in [2.75, 3.05) is 38.1 Å². The van der Waals surface area contributed by atoms with Crippen molar-refractivity contribution in [2.24, 2.45) is 5.73 Å². The van der Waals surface area contributed by atoms with Gasteiger partial charge in [-0.1, -0.05) is 105 Å². The van der Waals surface area contributed by atoms with Gasteiger partial charge in [0.15, 0.2) is 23.1 Å². The lowest BCUT2D eigenvalue weighted by molar-refractivity contribution is 0.0917. The van der Waals surface area contributed by atoms with E-state index in [1.165, 1.54) is 6.92 Å². The normalized spacial score (nSPS) is 10.1. The molecule has 0 saturated heterocycles. The van der Waals surface area contributed by atoms with Gasteiger partial charge in [0.1, 0.15) is 28.9 Å². The van der Waals surface area contributed by atoms with Gasteiger partial charge >= 0.3 is 0 Å².